The molecule has 0 spiro atoms. The Balaban J connectivity index is 1.91. The van der Waals surface area contributed by atoms with Gasteiger partial charge in [-0.05, 0) is 37.2 Å². The lowest BCUT2D eigenvalue weighted by molar-refractivity contribution is 0.390. The summed E-state index contributed by atoms with van der Waals surface area (Å²) in [7, 11) is 0. The first-order valence-electron chi connectivity index (χ1n) is 6.01. The fourth-order valence-corrected chi connectivity index (χ4v) is 3.26. The van der Waals surface area contributed by atoms with E-state index in [-0.39, 0.29) is 0 Å². The van der Waals surface area contributed by atoms with Crippen LogP contribution in [0.3, 0.4) is 0 Å². The third-order valence-corrected chi connectivity index (χ3v) is 3.94. The quantitative estimate of drug-likeness (QED) is 0.749. The van der Waals surface area contributed by atoms with E-state index in [1.54, 1.807) is 0 Å². The van der Waals surface area contributed by atoms with Gasteiger partial charge in [-0.1, -0.05) is 31.0 Å². The van der Waals surface area contributed by atoms with Crippen molar-refractivity contribution < 1.29 is 0 Å². The summed E-state index contributed by atoms with van der Waals surface area (Å²) in [6, 6.07) is 11.6. The highest BCUT2D eigenvalue weighted by atomic mass is 32.1. The van der Waals surface area contributed by atoms with Crippen LogP contribution in [-0.2, 0) is 0 Å². The van der Waals surface area contributed by atoms with Crippen LogP contribution < -0.4 is 10.2 Å². The van der Waals surface area contributed by atoms with Crippen molar-refractivity contribution in [1.29, 1.82) is 0 Å². The van der Waals surface area contributed by atoms with E-state index in [1.807, 2.05) is 0 Å². The minimum Gasteiger partial charge on any atom is -0.357 e. The Labute approximate surface area is 102 Å². The van der Waals surface area contributed by atoms with Gasteiger partial charge in [0.1, 0.15) is 0 Å². The molecule has 1 saturated heterocycles. The summed E-state index contributed by atoms with van der Waals surface area (Å²) in [5.74, 6) is 0. The molecule has 1 saturated carbocycles. The van der Waals surface area contributed by atoms with Crippen molar-refractivity contribution in [3.05, 3.63) is 30.3 Å². The molecule has 84 valence electrons. The highest BCUT2D eigenvalue weighted by Gasteiger charge is 2.38. The van der Waals surface area contributed by atoms with Crippen LogP contribution in [0.25, 0.3) is 0 Å². The first-order chi connectivity index (χ1) is 7.86. The zero-order valence-electron chi connectivity index (χ0n) is 9.23. The summed E-state index contributed by atoms with van der Waals surface area (Å²) in [5, 5.41) is 4.37. The van der Waals surface area contributed by atoms with E-state index in [0.717, 1.165) is 5.11 Å². The van der Waals surface area contributed by atoms with Gasteiger partial charge in [0, 0.05) is 11.7 Å². The van der Waals surface area contributed by atoms with Crippen molar-refractivity contribution >= 4 is 23.0 Å². The monoisotopic (exact) mass is 232 g/mol. The molecule has 1 aromatic carbocycles. The number of hydrogen-bond acceptors (Lipinski definition) is 1. The van der Waals surface area contributed by atoms with E-state index in [0.29, 0.717) is 12.1 Å². The molecule has 3 heteroatoms. The molecular formula is C13H16N2S. The molecule has 2 aliphatic rings. The van der Waals surface area contributed by atoms with E-state index in [4.69, 9.17) is 12.2 Å². The molecule has 1 heterocycles. The first-order valence-corrected chi connectivity index (χ1v) is 6.42. The Morgan fingerprint density at radius 1 is 1.12 bits per heavy atom. The van der Waals surface area contributed by atoms with Gasteiger partial charge in [-0.25, -0.2) is 0 Å². The summed E-state index contributed by atoms with van der Waals surface area (Å²) in [6.45, 7) is 0. The second-order valence-electron chi connectivity index (χ2n) is 4.61. The Morgan fingerprint density at radius 3 is 2.69 bits per heavy atom. The van der Waals surface area contributed by atoms with Crippen molar-refractivity contribution in [1.82, 2.24) is 5.32 Å². The number of para-hydroxylation sites is 1. The molecular weight excluding hydrogens is 216 g/mol. The smallest absolute Gasteiger partial charge is 0.174 e. The third kappa shape index (κ3) is 1.59. The van der Waals surface area contributed by atoms with Crippen LogP contribution in [0.4, 0.5) is 5.69 Å². The van der Waals surface area contributed by atoms with Crippen LogP contribution in [0.2, 0.25) is 0 Å². The largest absolute Gasteiger partial charge is 0.357 e. The average Bonchev–Trinajstić information content (AvgIpc) is 2.66. The van der Waals surface area contributed by atoms with Crippen molar-refractivity contribution in [3.8, 4) is 0 Å². The Bertz CT molecular complexity index is 390. The topological polar surface area (TPSA) is 15.3 Å². The lowest BCUT2D eigenvalue weighted by atomic mass is 9.91. The van der Waals surface area contributed by atoms with Gasteiger partial charge in [0.05, 0.1) is 6.04 Å². The molecule has 0 bridgehead atoms. The minimum atomic E-state index is 0.571. The summed E-state index contributed by atoms with van der Waals surface area (Å²) in [5.41, 5.74) is 1.23. The van der Waals surface area contributed by atoms with E-state index in [2.05, 4.69) is 40.5 Å². The fourth-order valence-electron chi connectivity index (χ4n) is 2.86. The van der Waals surface area contributed by atoms with Gasteiger partial charge in [-0.3, -0.25) is 0 Å². The summed E-state index contributed by atoms with van der Waals surface area (Å²) in [6.07, 6.45) is 5.18. The summed E-state index contributed by atoms with van der Waals surface area (Å²) >= 11 is 5.45. The predicted molar refractivity (Wildman–Crippen MR) is 70.7 cm³/mol. The SMILES string of the molecule is S=C1N[C@H]2CCCC[C@H]2N1c1ccccc1. The van der Waals surface area contributed by atoms with Crippen LogP contribution >= 0.6 is 12.2 Å². The molecule has 0 aromatic heterocycles. The standard InChI is InChI=1S/C13H16N2S/c16-13-14-11-8-4-5-9-12(11)15(13)10-6-2-1-3-7-10/h1-3,6-7,11-12H,4-5,8-9H2,(H,14,16)/t11-,12+/m0/s1. The molecule has 0 amide bonds. The number of anilines is 1. The molecule has 1 aliphatic carbocycles. The fraction of sp³-hybridized carbons (Fsp3) is 0.462. The number of rotatable bonds is 1. The highest BCUT2D eigenvalue weighted by Crippen LogP contribution is 2.31. The molecule has 0 radical (unpaired) electrons. The van der Waals surface area contributed by atoms with Gasteiger partial charge in [-0.2, -0.15) is 0 Å². The molecule has 1 aromatic rings. The van der Waals surface area contributed by atoms with Crippen LogP contribution in [0, 0.1) is 0 Å². The van der Waals surface area contributed by atoms with E-state index < -0.39 is 0 Å². The maximum Gasteiger partial charge on any atom is 0.174 e. The lowest BCUT2D eigenvalue weighted by Gasteiger charge is -2.30. The molecule has 0 unspecified atom stereocenters. The van der Waals surface area contributed by atoms with E-state index in [9.17, 15) is 0 Å². The van der Waals surface area contributed by atoms with Crippen LogP contribution in [0.5, 0.6) is 0 Å². The molecule has 1 N–H and O–H groups in total. The lowest BCUT2D eigenvalue weighted by Crippen LogP contribution is -2.38. The summed E-state index contributed by atoms with van der Waals surface area (Å²) in [4.78, 5) is 2.30. The number of nitrogens with zero attached hydrogens (tertiary/aromatic N) is 1. The normalized spacial score (nSPS) is 28.8. The van der Waals surface area contributed by atoms with E-state index >= 15 is 0 Å². The van der Waals surface area contributed by atoms with Crippen molar-refractivity contribution in [2.45, 2.75) is 37.8 Å². The van der Waals surface area contributed by atoms with Crippen molar-refractivity contribution in [2.24, 2.45) is 0 Å². The second kappa shape index (κ2) is 4.06. The second-order valence-corrected chi connectivity index (χ2v) is 5.00. The zero-order chi connectivity index (χ0) is 11.0. The zero-order valence-corrected chi connectivity index (χ0v) is 10.0. The number of fused-ring (bicyclic) bond motifs is 1. The van der Waals surface area contributed by atoms with E-state index in [1.165, 1.54) is 31.4 Å². The Hall–Kier alpha value is -1.09. The molecule has 16 heavy (non-hydrogen) atoms. The Morgan fingerprint density at radius 2 is 1.88 bits per heavy atom. The molecule has 1 aliphatic heterocycles. The molecule has 2 nitrogen and oxygen atoms in total. The van der Waals surface area contributed by atoms with Gasteiger partial charge in [0.25, 0.3) is 0 Å². The molecule has 3 rings (SSSR count). The maximum atomic E-state index is 5.45. The first kappa shape index (κ1) is 10.1. The predicted octanol–water partition coefficient (Wildman–Crippen LogP) is 2.69. The number of benzene rings is 1. The minimum absolute atomic E-state index is 0.571. The average molecular weight is 232 g/mol. The molecule has 2 atom stereocenters. The van der Waals surface area contributed by atoms with Crippen LogP contribution in [0.15, 0.2) is 30.3 Å². The van der Waals surface area contributed by atoms with Gasteiger partial charge in [-0.15, -0.1) is 0 Å². The Kier molecular flexibility index (Phi) is 2.56. The number of nitrogens with one attached hydrogen (secondary N) is 1. The van der Waals surface area contributed by atoms with Crippen LogP contribution in [0.1, 0.15) is 25.7 Å². The van der Waals surface area contributed by atoms with Crippen molar-refractivity contribution in [2.75, 3.05) is 4.90 Å². The number of hydrogen-bond donors (Lipinski definition) is 1. The van der Waals surface area contributed by atoms with Crippen molar-refractivity contribution in [3.63, 3.8) is 0 Å². The van der Waals surface area contributed by atoms with Gasteiger partial charge >= 0.3 is 0 Å². The van der Waals surface area contributed by atoms with Gasteiger partial charge in [0.15, 0.2) is 5.11 Å². The van der Waals surface area contributed by atoms with Gasteiger partial charge < -0.3 is 10.2 Å². The highest BCUT2D eigenvalue weighted by molar-refractivity contribution is 7.80. The third-order valence-electron chi connectivity index (χ3n) is 3.62. The maximum absolute atomic E-state index is 5.45. The number of thiocarbonyl (C=S) groups is 1. The van der Waals surface area contributed by atoms with Gasteiger partial charge in [0.2, 0.25) is 0 Å². The van der Waals surface area contributed by atoms with Crippen LogP contribution in [-0.4, -0.2) is 17.2 Å². The molecule has 2 fully saturated rings. The summed E-state index contributed by atoms with van der Waals surface area (Å²) < 4.78 is 0.